The molecule has 1 amide bonds. The van der Waals surface area contributed by atoms with Gasteiger partial charge in [-0.25, -0.2) is 4.39 Å². The minimum Gasteiger partial charge on any atom is -0.489 e. The Kier molecular flexibility index (Phi) is 9.12. The van der Waals surface area contributed by atoms with Crippen molar-refractivity contribution in [2.75, 3.05) is 13.6 Å². The van der Waals surface area contributed by atoms with Gasteiger partial charge in [0.1, 0.15) is 17.7 Å². The Hall–Kier alpha value is -3.09. The lowest BCUT2D eigenvalue weighted by molar-refractivity contribution is 0.0939. The average molecular weight is 415 g/mol. The molecule has 7 heteroatoms. The van der Waals surface area contributed by atoms with E-state index in [4.69, 9.17) is 4.74 Å². The Labute approximate surface area is 177 Å². The van der Waals surface area contributed by atoms with Crippen molar-refractivity contribution in [1.29, 1.82) is 0 Å². The Bertz CT molecular complexity index is 839. The van der Waals surface area contributed by atoms with Gasteiger partial charge in [0.05, 0.1) is 6.54 Å². The van der Waals surface area contributed by atoms with Crippen LogP contribution in [0, 0.1) is 5.82 Å². The van der Waals surface area contributed by atoms with Crippen LogP contribution < -0.4 is 20.7 Å². The van der Waals surface area contributed by atoms with Crippen molar-refractivity contribution >= 4 is 11.9 Å². The van der Waals surface area contributed by atoms with Gasteiger partial charge in [0.2, 0.25) is 0 Å². The van der Waals surface area contributed by atoms with E-state index in [-0.39, 0.29) is 23.9 Å². The molecule has 2 atom stereocenters. The number of aliphatic imine (C=N–C) groups is 1. The summed E-state index contributed by atoms with van der Waals surface area (Å²) in [5.74, 6) is 0.875. The molecule has 0 saturated heterocycles. The average Bonchev–Trinajstić information content (AvgIpc) is 2.75. The summed E-state index contributed by atoms with van der Waals surface area (Å²) in [7, 11) is 1.69. The third kappa shape index (κ3) is 7.73. The van der Waals surface area contributed by atoms with Gasteiger partial charge in [0, 0.05) is 25.2 Å². The highest BCUT2D eigenvalue weighted by Gasteiger charge is 2.10. The molecule has 30 heavy (non-hydrogen) atoms. The normalized spacial score (nSPS) is 13.3. The second-order valence-corrected chi connectivity index (χ2v) is 7.17. The molecule has 6 nitrogen and oxygen atoms in total. The summed E-state index contributed by atoms with van der Waals surface area (Å²) in [6, 6.07) is 13.6. The van der Waals surface area contributed by atoms with Crippen molar-refractivity contribution in [3.63, 3.8) is 0 Å². The van der Waals surface area contributed by atoms with Gasteiger partial charge in [-0.2, -0.15) is 0 Å². The Morgan fingerprint density at radius 2 is 1.87 bits per heavy atom. The largest absolute Gasteiger partial charge is 0.489 e. The lowest BCUT2D eigenvalue weighted by Crippen LogP contribution is -2.41. The number of hydrogen-bond acceptors (Lipinski definition) is 3. The van der Waals surface area contributed by atoms with Crippen LogP contribution in [0.3, 0.4) is 0 Å². The number of guanidine groups is 1. The van der Waals surface area contributed by atoms with Gasteiger partial charge >= 0.3 is 0 Å². The van der Waals surface area contributed by atoms with Crippen molar-refractivity contribution in [3.05, 3.63) is 65.5 Å². The zero-order valence-electron chi connectivity index (χ0n) is 18.0. The molecule has 3 N–H and O–H groups in total. The Morgan fingerprint density at radius 1 is 1.13 bits per heavy atom. The molecule has 0 aliphatic carbocycles. The van der Waals surface area contributed by atoms with Crippen LogP contribution in [-0.4, -0.2) is 37.6 Å². The molecule has 0 spiro atoms. The van der Waals surface area contributed by atoms with E-state index in [0.717, 1.165) is 12.0 Å². The van der Waals surface area contributed by atoms with Crippen LogP contribution >= 0.6 is 0 Å². The maximum absolute atomic E-state index is 13.0. The van der Waals surface area contributed by atoms with Crippen molar-refractivity contribution in [3.8, 4) is 5.75 Å². The minimum absolute atomic E-state index is 0.0690. The number of rotatable bonds is 9. The molecule has 0 aromatic heterocycles. The topological polar surface area (TPSA) is 74.8 Å². The number of amides is 1. The van der Waals surface area contributed by atoms with Crippen LogP contribution in [0.2, 0.25) is 0 Å². The number of benzene rings is 2. The van der Waals surface area contributed by atoms with Crippen molar-refractivity contribution in [2.24, 2.45) is 4.99 Å². The molecule has 0 radical (unpaired) electrons. The number of carbonyl (C=O) groups is 1. The standard InChI is InChI=1S/C23H31FN4O2/c1-5-16(2)28-22(29)19-8-6-7-18(13-19)15-27-23(25-4)26-14-17(3)30-21-11-9-20(24)10-12-21/h6-13,16-17H,5,14-15H2,1-4H3,(H,28,29)(H2,25,26,27). The fourth-order valence-electron chi connectivity index (χ4n) is 2.67. The van der Waals surface area contributed by atoms with Gasteiger partial charge in [-0.1, -0.05) is 19.1 Å². The van der Waals surface area contributed by atoms with Crippen LogP contribution in [0.15, 0.2) is 53.5 Å². The third-order valence-electron chi connectivity index (χ3n) is 4.57. The van der Waals surface area contributed by atoms with E-state index in [0.29, 0.717) is 30.4 Å². The van der Waals surface area contributed by atoms with Crippen LogP contribution in [0.4, 0.5) is 4.39 Å². The van der Waals surface area contributed by atoms with Crippen LogP contribution in [0.5, 0.6) is 5.75 Å². The van der Waals surface area contributed by atoms with E-state index in [9.17, 15) is 9.18 Å². The molecule has 0 bridgehead atoms. The predicted octanol–water partition coefficient (Wildman–Crippen LogP) is 3.49. The van der Waals surface area contributed by atoms with Gasteiger partial charge in [0.15, 0.2) is 5.96 Å². The van der Waals surface area contributed by atoms with E-state index in [1.807, 2.05) is 45.0 Å². The molecule has 0 aliphatic heterocycles. The summed E-state index contributed by atoms with van der Waals surface area (Å²) >= 11 is 0. The van der Waals surface area contributed by atoms with Gasteiger partial charge in [-0.15, -0.1) is 0 Å². The van der Waals surface area contributed by atoms with E-state index >= 15 is 0 Å². The van der Waals surface area contributed by atoms with Crippen LogP contribution in [-0.2, 0) is 6.54 Å². The van der Waals surface area contributed by atoms with Crippen molar-refractivity contribution in [2.45, 2.75) is 45.9 Å². The molecule has 0 fully saturated rings. The Balaban J connectivity index is 1.83. The SMILES string of the molecule is CCC(C)NC(=O)c1cccc(CNC(=NC)NCC(C)Oc2ccc(F)cc2)c1. The second kappa shape index (κ2) is 11.8. The summed E-state index contributed by atoms with van der Waals surface area (Å²) in [6.45, 7) is 6.99. The molecule has 0 saturated carbocycles. The molecule has 2 unspecified atom stereocenters. The van der Waals surface area contributed by atoms with Gasteiger partial charge in [-0.05, 0) is 62.2 Å². The van der Waals surface area contributed by atoms with E-state index in [1.165, 1.54) is 12.1 Å². The van der Waals surface area contributed by atoms with Crippen LogP contribution in [0.25, 0.3) is 0 Å². The lowest BCUT2D eigenvalue weighted by Gasteiger charge is -2.18. The van der Waals surface area contributed by atoms with E-state index in [2.05, 4.69) is 20.9 Å². The van der Waals surface area contributed by atoms with Gasteiger partial charge in [0.25, 0.3) is 5.91 Å². The summed E-state index contributed by atoms with van der Waals surface area (Å²) in [5.41, 5.74) is 1.62. The first-order valence-corrected chi connectivity index (χ1v) is 10.2. The molecule has 2 rings (SSSR count). The first-order chi connectivity index (χ1) is 14.4. The fraction of sp³-hybridized carbons (Fsp3) is 0.391. The minimum atomic E-state index is -0.292. The van der Waals surface area contributed by atoms with Crippen molar-refractivity contribution < 1.29 is 13.9 Å². The number of hydrogen-bond donors (Lipinski definition) is 3. The summed E-state index contributed by atoms with van der Waals surface area (Å²) in [6.07, 6.45) is 0.750. The van der Waals surface area contributed by atoms with Gasteiger partial charge < -0.3 is 20.7 Å². The number of ether oxygens (including phenoxy) is 1. The first kappa shape index (κ1) is 23.2. The molecule has 0 heterocycles. The Morgan fingerprint density at radius 3 is 2.53 bits per heavy atom. The highest BCUT2D eigenvalue weighted by Crippen LogP contribution is 2.12. The molecule has 0 aliphatic rings. The predicted molar refractivity (Wildman–Crippen MR) is 118 cm³/mol. The molecule has 2 aromatic rings. The monoisotopic (exact) mass is 414 g/mol. The zero-order valence-corrected chi connectivity index (χ0v) is 18.0. The zero-order chi connectivity index (χ0) is 21.9. The maximum Gasteiger partial charge on any atom is 0.251 e. The maximum atomic E-state index is 13.0. The quantitative estimate of drug-likeness (QED) is 0.434. The third-order valence-corrected chi connectivity index (χ3v) is 4.57. The smallest absolute Gasteiger partial charge is 0.251 e. The van der Waals surface area contributed by atoms with Crippen molar-refractivity contribution in [1.82, 2.24) is 16.0 Å². The summed E-state index contributed by atoms with van der Waals surface area (Å²) in [5, 5.41) is 9.41. The highest BCUT2D eigenvalue weighted by atomic mass is 19.1. The van der Waals surface area contributed by atoms with Gasteiger partial charge in [-0.3, -0.25) is 9.79 Å². The van der Waals surface area contributed by atoms with E-state index in [1.54, 1.807) is 19.2 Å². The first-order valence-electron chi connectivity index (χ1n) is 10.2. The fourth-order valence-corrected chi connectivity index (χ4v) is 2.67. The second-order valence-electron chi connectivity index (χ2n) is 7.17. The number of nitrogens with one attached hydrogen (secondary N) is 3. The number of nitrogens with zero attached hydrogens (tertiary/aromatic N) is 1. The molecular weight excluding hydrogens is 383 g/mol. The summed E-state index contributed by atoms with van der Waals surface area (Å²) in [4.78, 5) is 16.5. The molecular formula is C23H31FN4O2. The molecule has 162 valence electrons. The highest BCUT2D eigenvalue weighted by molar-refractivity contribution is 5.94. The number of halogens is 1. The summed E-state index contributed by atoms with van der Waals surface area (Å²) < 4.78 is 18.7. The van der Waals surface area contributed by atoms with Crippen LogP contribution in [0.1, 0.15) is 43.1 Å². The van der Waals surface area contributed by atoms with E-state index < -0.39 is 0 Å². The lowest BCUT2D eigenvalue weighted by atomic mass is 10.1. The molecule has 2 aromatic carbocycles. The number of carbonyl (C=O) groups excluding carboxylic acids is 1.